The largest absolute Gasteiger partial charge is 0.346 e. The van der Waals surface area contributed by atoms with Crippen LogP contribution in [0.25, 0.3) is 5.65 Å². The van der Waals surface area contributed by atoms with E-state index in [0.29, 0.717) is 18.4 Å². The molecule has 3 rings (SSSR count). The van der Waals surface area contributed by atoms with E-state index in [9.17, 15) is 0 Å². The van der Waals surface area contributed by atoms with E-state index in [1.165, 1.54) is 19.3 Å². The van der Waals surface area contributed by atoms with E-state index in [1.54, 1.807) is 4.52 Å². The molecule has 5 nitrogen and oxygen atoms in total. The summed E-state index contributed by atoms with van der Waals surface area (Å²) >= 11 is 0. The van der Waals surface area contributed by atoms with E-state index >= 15 is 0 Å². The summed E-state index contributed by atoms with van der Waals surface area (Å²) in [5.41, 5.74) is 6.86. The molecule has 2 aromatic heterocycles. The van der Waals surface area contributed by atoms with Crippen LogP contribution in [0.1, 0.15) is 32.6 Å². The molecular formula is C14H21N5. The van der Waals surface area contributed by atoms with Crippen molar-refractivity contribution < 1.29 is 0 Å². The topological polar surface area (TPSA) is 68.2 Å². The molecule has 0 bridgehead atoms. The van der Waals surface area contributed by atoms with Crippen LogP contribution >= 0.6 is 0 Å². The van der Waals surface area contributed by atoms with Gasteiger partial charge in [0.1, 0.15) is 0 Å². The Labute approximate surface area is 113 Å². The molecule has 5 heteroatoms. The molecule has 1 aliphatic rings. The Morgan fingerprint density at radius 3 is 3.11 bits per heavy atom. The number of nitrogens with zero attached hydrogens (tertiary/aromatic N) is 3. The summed E-state index contributed by atoms with van der Waals surface area (Å²) in [5.74, 6) is 1.24. The number of hydrogen-bond donors (Lipinski definition) is 2. The van der Waals surface area contributed by atoms with Gasteiger partial charge in [-0.25, -0.2) is 4.52 Å². The third kappa shape index (κ3) is 2.18. The molecule has 102 valence electrons. The predicted octanol–water partition coefficient (Wildman–Crippen LogP) is 2.05. The van der Waals surface area contributed by atoms with E-state index in [2.05, 4.69) is 22.3 Å². The molecule has 1 fully saturated rings. The molecule has 0 spiro atoms. The summed E-state index contributed by atoms with van der Waals surface area (Å²) in [6.07, 6.45) is 6.75. The van der Waals surface area contributed by atoms with Gasteiger partial charge >= 0.3 is 0 Å². The average Bonchev–Trinajstić information content (AvgIpc) is 2.83. The number of nitrogens with one attached hydrogen (secondary N) is 1. The fraction of sp³-hybridized carbons (Fsp3) is 0.571. The molecule has 0 saturated heterocycles. The summed E-state index contributed by atoms with van der Waals surface area (Å²) in [4.78, 5) is 4.52. The standard InChI is InChI=1S/C14H21N5/c1-11-6-2-4-8-14(11,10-15)17-13-16-12-7-3-5-9-19(12)18-13/h3,5,7,9,11H,2,4,6,8,10,15H2,1H3,(H,17,18). The Balaban J connectivity index is 1.89. The number of hydrogen-bond acceptors (Lipinski definition) is 4. The van der Waals surface area contributed by atoms with Gasteiger partial charge in [0.2, 0.25) is 5.95 Å². The van der Waals surface area contributed by atoms with Gasteiger partial charge < -0.3 is 11.1 Å². The highest BCUT2D eigenvalue weighted by atomic mass is 15.4. The highest BCUT2D eigenvalue weighted by Crippen LogP contribution is 2.35. The Hall–Kier alpha value is -1.62. The van der Waals surface area contributed by atoms with Gasteiger partial charge in [0, 0.05) is 12.7 Å². The van der Waals surface area contributed by atoms with E-state index < -0.39 is 0 Å². The third-order valence-electron chi connectivity index (χ3n) is 4.42. The van der Waals surface area contributed by atoms with Crippen molar-refractivity contribution in [1.29, 1.82) is 0 Å². The van der Waals surface area contributed by atoms with Crippen LogP contribution in [0.15, 0.2) is 24.4 Å². The molecule has 2 aromatic rings. The van der Waals surface area contributed by atoms with E-state index in [0.717, 1.165) is 12.1 Å². The maximum absolute atomic E-state index is 6.05. The molecule has 1 aliphatic carbocycles. The van der Waals surface area contributed by atoms with Crippen LogP contribution in [-0.4, -0.2) is 26.7 Å². The highest BCUT2D eigenvalue weighted by Gasteiger charge is 2.37. The third-order valence-corrected chi connectivity index (χ3v) is 4.42. The maximum Gasteiger partial charge on any atom is 0.243 e. The fourth-order valence-corrected chi connectivity index (χ4v) is 3.06. The van der Waals surface area contributed by atoms with Crippen molar-refractivity contribution in [2.24, 2.45) is 11.7 Å². The molecule has 3 N–H and O–H groups in total. The Morgan fingerprint density at radius 1 is 1.47 bits per heavy atom. The highest BCUT2D eigenvalue weighted by molar-refractivity contribution is 5.44. The monoisotopic (exact) mass is 259 g/mol. The molecule has 2 unspecified atom stereocenters. The van der Waals surface area contributed by atoms with Crippen molar-refractivity contribution in [3.05, 3.63) is 24.4 Å². The first-order valence-corrected chi connectivity index (χ1v) is 7.03. The summed E-state index contributed by atoms with van der Waals surface area (Å²) in [7, 11) is 0. The molecule has 19 heavy (non-hydrogen) atoms. The summed E-state index contributed by atoms with van der Waals surface area (Å²) in [6, 6.07) is 5.88. The molecular weight excluding hydrogens is 238 g/mol. The van der Waals surface area contributed by atoms with Gasteiger partial charge in [-0.15, -0.1) is 5.10 Å². The van der Waals surface area contributed by atoms with E-state index in [1.807, 2.05) is 24.4 Å². The molecule has 2 atom stereocenters. The van der Waals surface area contributed by atoms with Crippen LogP contribution in [0.4, 0.5) is 5.95 Å². The Kier molecular flexibility index (Phi) is 3.14. The first kappa shape index (κ1) is 12.4. The quantitative estimate of drug-likeness (QED) is 0.885. The first-order valence-electron chi connectivity index (χ1n) is 7.03. The van der Waals surface area contributed by atoms with Gasteiger partial charge in [0.05, 0.1) is 5.54 Å². The summed E-state index contributed by atoms with van der Waals surface area (Å²) in [6.45, 7) is 2.90. The normalized spacial score (nSPS) is 27.6. The lowest BCUT2D eigenvalue weighted by Gasteiger charge is -2.42. The second-order valence-electron chi connectivity index (χ2n) is 5.57. The second-order valence-corrected chi connectivity index (χ2v) is 5.57. The minimum atomic E-state index is -0.0524. The average molecular weight is 259 g/mol. The van der Waals surface area contributed by atoms with Gasteiger partial charge in [0.15, 0.2) is 5.65 Å². The smallest absolute Gasteiger partial charge is 0.243 e. The van der Waals surface area contributed by atoms with Crippen LogP contribution in [0, 0.1) is 5.92 Å². The molecule has 2 heterocycles. The van der Waals surface area contributed by atoms with Crippen LogP contribution in [0.2, 0.25) is 0 Å². The van der Waals surface area contributed by atoms with Crippen molar-refractivity contribution in [3.63, 3.8) is 0 Å². The van der Waals surface area contributed by atoms with E-state index in [4.69, 9.17) is 5.73 Å². The van der Waals surface area contributed by atoms with Crippen LogP contribution in [0.3, 0.4) is 0 Å². The van der Waals surface area contributed by atoms with Crippen molar-refractivity contribution in [1.82, 2.24) is 14.6 Å². The van der Waals surface area contributed by atoms with Gasteiger partial charge in [0.25, 0.3) is 0 Å². The summed E-state index contributed by atoms with van der Waals surface area (Å²) in [5, 5.41) is 7.99. The zero-order chi connectivity index (χ0) is 13.3. The first-order chi connectivity index (χ1) is 9.23. The number of pyridine rings is 1. The molecule has 0 radical (unpaired) electrons. The van der Waals surface area contributed by atoms with Crippen molar-refractivity contribution in [2.75, 3.05) is 11.9 Å². The van der Waals surface area contributed by atoms with Crippen LogP contribution in [-0.2, 0) is 0 Å². The van der Waals surface area contributed by atoms with E-state index in [-0.39, 0.29) is 5.54 Å². The van der Waals surface area contributed by atoms with Gasteiger partial charge in [-0.2, -0.15) is 4.98 Å². The fourth-order valence-electron chi connectivity index (χ4n) is 3.06. The van der Waals surface area contributed by atoms with Gasteiger partial charge in [-0.3, -0.25) is 0 Å². The minimum absolute atomic E-state index is 0.0524. The second kappa shape index (κ2) is 4.81. The lowest BCUT2D eigenvalue weighted by Crippen LogP contribution is -2.52. The van der Waals surface area contributed by atoms with Crippen molar-refractivity contribution >= 4 is 11.6 Å². The predicted molar refractivity (Wildman–Crippen MR) is 76.0 cm³/mol. The molecule has 0 aliphatic heterocycles. The van der Waals surface area contributed by atoms with Crippen molar-refractivity contribution in [2.45, 2.75) is 38.1 Å². The van der Waals surface area contributed by atoms with Crippen LogP contribution < -0.4 is 11.1 Å². The number of nitrogens with two attached hydrogens (primary N) is 1. The lowest BCUT2D eigenvalue weighted by atomic mass is 9.73. The molecule has 1 saturated carbocycles. The van der Waals surface area contributed by atoms with Gasteiger partial charge in [-0.05, 0) is 30.9 Å². The maximum atomic E-state index is 6.05. The van der Waals surface area contributed by atoms with Crippen molar-refractivity contribution in [3.8, 4) is 0 Å². The Bertz CT molecular complexity index is 531. The Morgan fingerprint density at radius 2 is 2.37 bits per heavy atom. The van der Waals surface area contributed by atoms with Gasteiger partial charge in [-0.1, -0.05) is 25.8 Å². The molecule has 0 amide bonds. The lowest BCUT2D eigenvalue weighted by molar-refractivity contribution is 0.234. The number of fused-ring (bicyclic) bond motifs is 1. The number of aromatic nitrogens is 3. The van der Waals surface area contributed by atoms with Crippen LogP contribution in [0.5, 0.6) is 0 Å². The zero-order valence-electron chi connectivity index (χ0n) is 11.3. The molecule has 0 aromatic carbocycles. The number of rotatable bonds is 3. The zero-order valence-corrected chi connectivity index (χ0v) is 11.3. The minimum Gasteiger partial charge on any atom is -0.346 e. The number of anilines is 1. The summed E-state index contributed by atoms with van der Waals surface area (Å²) < 4.78 is 1.79. The SMILES string of the molecule is CC1CCCCC1(CN)Nc1nc2ccccn2n1.